The molecule has 7 heteroatoms. The van der Waals surface area contributed by atoms with E-state index in [2.05, 4.69) is 0 Å². The van der Waals surface area contributed by atoms with Crippen LogP contribution in [-0.2, 0) is 28.0 Å². The second kappa shape index (κ2) is 6.66. The summed E-state index contributed by atoms with van der Waals surface area (Å²) in [6.45, 7) is 13.2. The Kier molecular flexibility index (Phi) is 6.67. The number of hydrogen-bond acceptors (Lipinski definition) is 5. The zero-order chi connectivity index (χ0) is 15.5. The average Bonchev–Trinajstić information content (AvgIpc) is 1.89. The first-order valence-corrected chi connectivity index (χ1v) is 7.79. The summed E-state index contributed by atoms with van der Waals surface area (Å²) in [7, 11) is -4.55. The van der Waals surface area contributed by atoms with Crippen LogP contribution in [0.4, 0.5) is 0 Å². The lowest BCUT2D eigenvalue weighted by Gasteiger charge is -2.32. The smallest absolute Gasteiger partial charge is 0.347 e. The summed E-state index contributed by atoms with van der Waals surface area (Å²) >= 11 is 0. The van der Waals surface area contributed by atoms with Crippen LogP contribution in [0, 0.1) is 0 Å². The molecule has 0 heterocycles. The summed E-state index contributed by atoms with van der Waals surface area (Å²) in [5, 5.41) is 0. The number of ether oxygens (including phenoxy) is 2. The van der Waals surface area contributed by atoms with E-state index in [1.165, 1.54) is 27.7 Å². The lowest BCUT2D eigenvalue weighted by Crippen LogP contribution is -2.34. The van der Waals surface area contributed by atoms with Crippen molar-refractivity contribution in [3.8, 4) is 0 Å². The van der Waals surface area contributed by atoms with Gasteiger partial charge in [0, 0.05) is 0 Å². The van der Waals surface area contributed by atoms with Crippen LogP contribution in [0.3, 0.4) is 0 Å². The minimum absolute atomic E-state index is 0.171. The van der Waals surface area contributed by atoms with E-state index in [9.17, 15) is 9.46 Å². The second-order valence-corrected chi connectivity index (χ2v) is 7.02. The Labute approximate surface area is 116 Å². The molecule has 0 aliphatic rings. The van der Waals surface area contributed by atoms with Crippen molar-refractivity contribution in [2.45, 2.75) is 79.2 Å². The monoisotopic (exact) mass is 297 g/mol. The molecule has 6 nitrogen and oxygen atoms in total. The molecule has 0 atom stereocenters. The van der Waals surface area contributed by atoms with Crippen LogP contribution in [-0.4, -0.2) is 23.8 Å². The van der Waals surface area contributed by atoms with Gasteiger partial charge in [0.25, 0.3) is 0 Å². The van der Waals surface area contributed by atoms with Crippen LogP contribution in [0.15, 0.2) is 0 Å². The highest BCUT2D eigenvalue weighted by molar-refractivity contribution is 7.47. The first-order chi connectivity index (χ1) is 8.25. The van der Waals surface area contributed by atoms with Gasteiger partial charge < -0.3 is 9.47 Å². The van der Waals surface area contributed by atoms with Gasteiger partial charge in [0.05, 0.1) is 12.2 Å². The molecule has 1 radical (unpaired) electrons. The maximum absolute atomic E-state index is 11.8. The molecule has 0 aromatic heterocycles. The van der Waals surface area contributed by atoms with Gasteiger partial charge >= 0.3 is 7.82 Å². The predicted octanol–water partition coefficient (Wildman–Crippen LogP) is 3.88. The normalized spacial score (nSPS) is 14.5. The number of hydrogen-bond donors (Lipinski definition) is 0. The molecule has 0 saturated heterocycles. The topological polar surface area (TPSA) is 73.9 Å². The SMILES string of the molecule is CC(C)OC(C)(C)OP([O])(=O)OC(C)(C)OC(C)C. The van der Waals surface area contributed by atoms with E-state index < -0.39 is 19.4 Å². The third-order valence-electron chi connectivity index (χ3n) is 1.70. The highest BCUT2D eigenvalue weighted by Gasteiger charge is 2.40. The zero-order valence-corrected chi connectivity index (χ0v) is 13.9. The van der Waals surface area contributed by atoms with Crippen molar-refractivity contribution in [3.05, 3.63) is 0 Å². The first-order valence-electron chi connectivity index (χ1n) is 6.33. The van der Waals surface area contributed by atoms with Gasteiger partial charge in [-0.15, -0.1) is 4.89 Å². The molecule has 0 spiro atoms. The molecule has 115 valence electrons. The van der Waals surface area contributed by atoms with Crippen LogP contribution >= 0.6 is 7.82 Å². The van der Waals surface area contributed by atoms with Crippen molar-refractivity contribution in [3.63, 3.8) is 0 Å². The Morgan fingerprint density at radius 3 is 1.26 bits per heavy atom. The molecule has 0 fully saturated rings. The van der Waals surface area contributed by atoms with Crippen LogP contribution in [0.5, 0.6) is 0 Å². The van der Waals surface area contributed by atoms with Gasteiger partial charge in [0.1, 0.15) is 0 Å². The molecule has 0 unspecified atom stereocenters. The van der Waals surface area contributed by atoms with E-state index >= 15 is 0 Å². The predicted molar refractivity (Wildman–Crippen MR) is 71.1 cm³/mol. The van der Waals surface area contributed by atoms with Gasteiger partial charge in [-0.3, -0.25) is 9.05 Å². The second-order valence-electron chi connectivity index (χ2n) is 5.76. The molecule has 0 aliphatic heterocycles. The number of rotatable bonds is 8. The zero-order valence-electron chi connectivity index (χ0n) is 13.1. The Balaban J connectivity index is 4.67. The Hall–Kier alpha value is 0.0300. The lowest BCUT2D eigenvalue weighted by molar-refractivity contribution is -0.221. The summed E-state index contributed by atoms with van der Waals surface area (Å²) in [4.78, 5) is 11.8. The van der Waals surface area contributed by atoms with Gasteiger partial charge in [-0.1, -0.05) is 0 Å². The van der Waals surface area contributed by atoms with Crippen LogP contribution < -0.4 is 0 Å². The molecule has 0 aromatic rings. The summed E-state index contributed by atoms with van der Waals surface area (Å²) in [6, 6.07) is 0. The molecule has 0 N–H and O–H groups in total. The molecule has 0 aromatic carbocycles. The minimum Gasteiger partial charge on any atom is -0.347 e. The van der Waals surface area contributed by atoms with E-state index in [4.69, 9.17) is 18.5 Å². The van der Waals surface area contributed by atoms with E-state index in [0.717, 1.165) is 0 Å². The van der Waals surface area contributed by atoms with E-state index in [0.29, 0.717) is 0 Å². The van der Waals surface area contributed by atoms with Crippen molar-refractivity contribution in [1.29, 1.82) is 0 Å². The van der Waals surface area contributed by atoms with Crippen LogP contribution in [0.25, 0.3) is 0 Å². The average molecular weight is 297 g/mol. The van der Waals surface area contributed by atoms with Gasteiger partial charge in [-0.2, -0.15) is 0 Å². The largest absolute Gasteiger partial charge is 0.507 e. The summed E-state index contributed by atoms with van der Waals surface area (Å²) in [5.74, 6) is -2.58. The Morgan fingerprint density at radius 2 is 1.05 bits per heavy atom. The molecule has 0 bridgehead atoms. The molecule has 0 rings (SSSR count). The maximum atomic E-state index is 11.8. The molecular weight excluding hydrogens is 271 g/mol. The van der Waals surface area contributed by atoms with Crippen LogP contribution in [0.2, 0.25) is 0 Å². The molecule has 0 amide bonds. The summed E-state index contributed by atoms with van der Waals surface area (Å²) in [5.41, 5.74) is 0. The summed E-state index contributed by atoms with van der Waals surface area (Å²) in [6.07, 6.45) is -0.343. The summed E-state index contributed by atoms with van der Waals surface area (Å²) < 4.78 is 32.4. The van der Waals surface area contributed by atoms with Crippen molar-refractivity contribution >= 4 is 7.82 Å². The highest BCUT2D eigenvalue weighted by Crippen LogP contribution is 2.52. The van der Waals surface area contributed by atoms with Crippen molar-refractivity contribution in [2.75, 3.05) is 0 Å². The van der Waals surface area contributed by atoms with Crippen molar-refractivity contribution in [2.24, 2.45) is 0 Å². The third-order valence-corrected chi connectivity index (χ3v) is 3.03. The Bertz CT molecular complexity index is 296. The first kappa shape index (κ1) is 19.0. The van der Waals surface area contributed by atoms with E-state index in [1.807, 2.05) is 0 Å². The fraction of sp³-hybridized carbons (Fsp3) is 1.00. The van der Waals surface area contributed by atoms with Crippen molar-refractivity contribution < 1.29 is 28.0 Å². The minimum atomic E-state index is -4.55. The highest BCUT2D eigenvalue weighted by atomic mass is 31.2. The maximum Gasteiger partial charge on any atom is 0.507 e. The third kappa shape index (κ3) is 9.55. The molecule has 0 aliphatic carbocycles. The lowest BCUT2D eigenvalue weighted by atomic mass is 10.3. The van der Waals surface area contributed by atoms with Gasteiger partial charge in [0.15, 0.2) is 11.6 Å². The van der Waals surface area contributed by atoms with E-state index in [1.54, 1.807) is 27.7 Å². The Morgan fingerprint density at radius 1 is 0.789 bits per heavy atom. The van der Waals surface area contributed by atoms with Crippen molar-refractivity contribution in [1.82, 2.24) is 0 Å². The van der Waals surface area contributed by atoms with Gasteiger partial charge in [-0.05, 0) is 55.4 Å². The standard InChI is InChI=1S/C12H26O6P/c1-9(2)15-11(5,6)17-19(13,14)18-12(7,8)16-10(3)4/h9-10H,1-8H3. The fourth-order valence-electron chi connectivity index (χ4n) is 1.74. The molecule has 0 saturated carbocycles. The van der Waals surface area contributed by atoms with E-state index in [-0.39, 0.29) is 12.2 Å². The molecular formula is C12H26O6P. The fourth-order valence-corrected chi connectivity index (χ4v) is 2.94. The van der Waals surface area contributed by atoms with Gasteiger partial charge in [-0.25, -0.2) is 4.57 Å². The van der Waals surface area contributed by atoms with Gasteiger partial charge in [0.2, 0.25) is 0 Å². The quantitative estimate of drug-likeness (QED) is 0.502. The molecule has 19 heavy (non-hydrogen) atoms. The van der Waals surface area contributed by atoms with Crippen LogP contribution in [0.1, 0.15) is 55.4 Å².